The summed E-state index contributed by atoms with van der Waals surface area (Å²) in [5, 5.41) is 0. The largest absolute Gasteiger partial charge is 0.0648 e. The van der Waals surface area contributed by atoms with E-state index in [9.17, 15) is 0 Å². The summed E-state index contributed by atoms with van der Waals surface area (Å²) >= 11 is 0. The number of benzene rings is 3. The second-order valence-electron chi connectivity index (χ2n) is 7.81. The van der Waals surface area contributed by atoms with Gasteiger partial charge in [0.1, 0.15) is 0 Å². The van der Waals surface area contributed by atoms with Crippen molar-refractivity contribution in [2.45, 2.75) is 57.8 Å². The van der Waals surface area contributed by atoms with Crippen molar-refractivity contribution in [3.05, 3.63) is 114 Å². The van der Waals surface area contributed by atoms with Crippen molar-refractivity contribution in [3.8, 4) is 0 Å². The molecule has 3 aromatic rings. The van der Waals surface area contributed by atoms with E-state index < -0.39 is 0 Å². The maximum absolute atomic E-state index is 2.32. The van der Waals surface area contributed by atoms with Gasteiger partial charge in [-0.2, -0.15) is 0 Å². The Balaban J connectivity index is 1.58. The van der Waals surface area contributed by atoms with Gasteiger partial charge in [-0.1, -0.05) is 97.9 Å². The monoisotopic (exact) mass is 369 g/mol. The third kappa shape index (κ3) is 6.68. The van der Waals surface area contributed by atoms with Crippen LogP contribution in [0, 0.1) is 5.92 Å². The van der Waals surface area contributed by atoms with E-state index in [0.29, 0.717) is 5.92 Å². The van der Waals surface area contributed by atoms with Crippen molar-refractivity contribution < 1.29 is 0 Å². The molecule has 3 rings (SSSR count). The molecule has 1 unspecified atom stereocenters. The highest BCUT2D eigenvalue weighted by atomic mass is 14.2. The quantitative estimate of drug-likeness (QED) is 0.323. The molecule has 0 aliphatic heterocycles. The van der Waals surface area contributed by atoms with Crippen LogP contribution in [0.1, 0.15) is 61.6 Å². The van der Waals surface area contributed by atoms with Gasteiger partial charge < -0.3 is 0 Å². The lowest BCUT2D eigenvalue weighted by Crippen LogP contribution is -2.07. The zero-order valence-corrected chi connectivity index (χ0v) is 17.2. The maximum atomic E-state index is 2.32. The van der Waals surface area contributed by atoms with Gasteiger partial charge in [0.05, 0.1) is 0 Å². The first kappa shape index (κ1) is 20.4. The van der Waals surface area contributed by atoms with Crippen molar-refractivity contribution in [1.29, 1.82) is 0 Å². The smallest absolute Gasteiger partial charge is 0.0164 e. The summed E-state index contributed by atoms with van der Waals surface area (Å²) in [6.07, 6.45) is 8.48. The summed E-state index contributed by atoms with van der Waals surface area (Å²) < 4.78 is 0. The van der Waals surface area contributed by atoms with E-state index in [0.717, 1.165) is 6.42 Å². The van der Waals surface area contributed by atoms with Crippen molar-refractivity contribution in [1.82, 2.24) is 0 Å². The summed E-state index contributed by atoms with van der Waals surface area (Å²) in [6, 6.07) is 32.9. The minimum absolute atomic E-state index is 0.668. The molecule has 0 saturated carbocycles. The second kappa shape index (κ2) is 11.5. The predicted molar refractivity (Wildman–Crippen MR) is 121 cm³/mol. The first-order valence-electron chi connectivity index (χ1n) is 10.8. The maximum Gasteiger partial charge on any atom is -0.0164 e. The Hall–Kier alpha value is -2.34. The second-order valence-corrected chi connectivity index (χ2v) is 7.81. The van der Waals surface area contributed by atoms with Crippen molar-refractivity contribution in [2.24, 2.45) is 0 Å². The summed E-state index contributed by atoms with van der Waals surface area (Å²) in [5.41, 5.74) is 4.40. The van der Waals surface area contributed by atoms with Crippen LogP contribution in [0.3, 0.4) is 0 Å². The molecule has 28 heavy (non-hydrogen) atoms. The Morgan fingerprint density at radius 2 is 1.25 bits per heavy atom. The van der Waals surface area contributed by atoms with Crippen LogP contribution < -0.4 is 0 Å². The fraction of sp³-hybridized carbons (Fsp3) is 0.321. The molecule has 0 aliphatic rings. The van der Waals surface area contributed by atoms with E-state index in [1.54, 1.807) is 5.92 Å². The molecule has 0 N–H and O–H groups in total. The van der Waals surface area contributed by atoms with Crippen LogP contribution >= 0.6 is 0 Å². The highest BCUT2D eigenvalue weighted by Crippen LogP contribution is 2.30. The van der Waals surface area contributed by atoms with Crippen LogP contribution in [0.25, 0.3) is 0 Å². The number of hydrogen-bond donors (Lipinski definition) is 0. The van der Waals surface area contributed by atoms with Gasteiger partial charge in [-0.15, -0.1) is 0 Å². The highest BCUT2D eigenvalue weighted by Gasteiger charge is 2.15. The Morgan fingerprint density at radius 3 is 1.86 bits per heavy atom. The minimum Gasteiger partial charge on any atom is -0.0648 e. The van der Waals surface area contributed by atoms with E-state index in [1.807, 2.05) is 0 Å². The minimum atomic E-state index is 0.668. The average molecular weight is 370 g/mol. The summed E-state index contributed by atoms with van der Waals surface area (Å²) in [5.74, 6) is 2.37. The fourth-order valence-electron chi connectivity index (χ4n) is 4.08. The molecule has 0 nitrogen and oxygen atoms in total. The van der Waals surface area contributed by atoms with Crippen LogP contribution in [0.4, 0.5) is 0 Å². The van der Waals surface area contributed by atoms with Gasteiger partial charge in [0, 0.05) is 0 Å². The molecule has 0 heterocycles. The van der Waals surface area contributed by atoms with Crippen molar-refractivity contribution in [3.63, 3.8) is 0 Å². The van der Waals surface area contributed by atoms with Gasteiger partial charge in [-0.05, 0) is 73.5 Å². The van der Waals surface area contributed by atoms with Crippen molar-refractivity contribution in [2.75, 3.05) is 0 Å². The molecule has 0 fully saturated rings. The zero-order chi connectivity index (χ0) is 19.4. The van der Waals surface area contributed by atoms with Crippen molar-refractivity contribution >= 4 is 0 Å². The van der Waals surface area contributed by atoms with Crippen LogP contribution in [0.15, 0.2) is 91.0 Å². The molecule has 0 heteroatoms. The Labute approximate surface area is 171 Å². The van der Waals surface area contributed by atoms with Gasteiger partial charge in [-0.3, -0.25) is 0 Å². The van der Waals surface area contributed by atoms with Gasteiger partial charge in [0.15, 0.2) is 0 Å². The molecule has 1 radical (unpaired) electrons. The average Bonchev–Trinajstić information content (AvgIpc) is 2.76. The number of rotatable bonds is 11. The predicted octanol–water partition coefficient (Wildman–Crippen LogP) is 7.80. The highest BCUT2D eigenvalue weighted by molar-refractivity contribution is 5.22. The van der Waals surface area contributed by atoms with Crippen LogP contribution in [0.5, 0.6) is 0 Å². The first-order chi connectivity index (χ1) is 13.8. The van der Waals surface area contributed by atoms with Crippen LogP contribution in [-0.2, 0) is 12.8 Å². The summed E-state index contributed by atoms with van der Waals surface area (Å²) in [4.78, 5) is 0. The molecule has 0 aliphatic carbocycles. The van der Waals surface area contributed by atoms with Crippen LogP contribution in [0.2, 0.25) is 0 Å². The van der Waals surface area contributed by atoms with E-state index >= 15 is 0 Å². The van der Waals surface area contributed by atoms with E-state index in [2.05, 4.69) is 97.9 Å². The molecular weight excluding hydrogens is 336 g/mol. The third-order valence-electron chi connectivity index (χ3n) is 5.75. The standard InChI is InChI=1S/C28H33/c1-2-27(28-19-10-5-11-20-28)22-21-26(23-25-15-8-4-9-16-25)18-12-17-24-13-6-3-7-14-24/h3-11,13-16,19-20,27H,2,12,17-18,21-23H2,1H3. The lowest BCUT2D eigenvalue weighted by molar-refractivity contribution is 0.547. The first-order valence-corrected chi connectivity index (χ1v) is 10.8. The van der Waals surface area contributed by atoms with Gasteiger partial charge >= 0.3 is 0 Å². The fourth-order valence-corrected chi connectivity index (χ4v) is 4.08. The van der Waals surface area contributed by atoms with E-state index in [4.69, 9.17) is 0 Å². The van der Waals surface area contributed by atoms with Gasteiger partial charge in [-0.25, -0.2) is 0 Å². The van der Waals surface area contributed by atoms with Crippen LogP contribution in [-0.4, -0.2) is 0 Å². The number of hydrogen-bond acceptors (Lipinski definition) is 0. The zero-order valence-electron chi connectivity index (χ0n) is 17.2. The molecule has 0 bridgehead atoms. The molecule has 0 amide bonds. The SMILES string of the molecule is CCC(CC[C](CCCc1ccccc1)Cc1ccccc1)c1ccccc1. The molecule has 0 aromatic heterocycles. The Bertz CT molecular complexity index is 761. The molecule has 145 valence electrons. The van der Waals surface area contributed by atoms with E-state index in [-0.39, 0.29) is 0 Å². The molecule has 3 aromatic carbocycles. The summed E-state index contributed by atoms with van der Waals surface area (Å²) in [7, 11) is 0. The lowest BCUT2D eigenvalue weighted by Gasteiger charge is -2.21. The molecular formula is C28H33. The molecule has 1 atom stereocenters. The Morgan fingerprint density at radius 1 is 0.679 bits per heavy atom. The van der Waals surface area contributed by atoms with E-state index in [1.165, 1.54) is 55.2 Å². The topological polar surface area (TPSA) is 0 Å². The third-order valence-corrected chi connectivity index (χ3v) is 5.75. The normalized spacial score (nSPS) is 12.2. The lowest BCUT2D eigenvalue weighted by atomic mass is 9.84. The molecule has 0 saturated heterocycles. The molecule has 0 spiro atoms. The Kier molecular flexibility index (Phi) is 8.37. The van der Waals surface area contributed by atoms with Gasteiger partial charge in [0.25, 0.3) is 0 Å². The van der Waals surface area contributed by atoms with Gasteiger partial charge in [0.2, 0.25) is 0 Å². The summed E-state index contributed by atoms with van der Waals surface area (Å²) in [6.45, 7) is 2.32. The number of aryl methyl sites for hydroxylation is 1.